The van der Waals surface area contributed by atoms with Gasteiger partial charge in [-0.05, 0) is 44.0 Å². The summed E-state index contributed by atoms with van der Waals surface area (Å²) in [6.45, 7) is 6.10. The summed E-state index contributed by atoms with van der Waals surface area (Å²) in [6, 6.07) is 4.23. The van der Waals surface area contributed by atoms with Gasteiger partial charge in [0, 0.05) is 53.2 Å². The zero-order valence-corrected chi connectivity index (χ0v) is 15.7. The number of hydrogen-bond donors (Lipinski definition) is 1. The zero-order valence-electron chi connectivity index (χ0n) is 15.7. The Bertz CT molecular complexity index is 505. The molecular formula is C18H33N5O. The van der Waals surface area contributed by atoms with Crippen molar-refractivity contribution < 1.29 is 4.74 Å². The number of aliphatic imine (C=N–C) groups is 1. The van der Waals surface area contributed by atoms with E-state index in [1.807, 2.05) is 7.05 Å². The second kappa shape index (κ2) is 9.69. The highest BCUT2D eigenvalue weighted by molar-refractivity contribution is 5.79. The normalized spacial score (nSPS) is 17.2. The van der Waals surface area contributed by atoms with Crippen molar-refractivity contribution in [2.75, 3.05) is 54.0 Å². The number of aromatic nitrogens is 1. The van der Waals surface area contributed by atoms with E-state index in [4.69, 9.17) is 4.74 Å². The predicted octanol–water partition coefficient (Wildman–Crippen LogP) is 1.39. The average Bonchev–Trinajstić information content (AvgIpc) is 2.99. The summed E-state index contributed by atoms with van der Waals surface area (Å²) >= 11 is 0. The molecule has 0 aromatic carbocycles. The summed E-state index contributed by atoms with van der Waals surface area (Å²) < 4.78 is 7.32. The molecule has 6 heteroatoms. The number of nitrogens with one attached hydrogen (secondary N) is 1. The number of nitrogens with zero attached hydrogens (tertiary/aromatic N) is 4. The van der Waals surface area contributed by atoms with E-state index in [0.717, 1.165) is 38.1 Å². The van der Waals surface area contributed by atoms with Crippen molar-refractivity contribution in [1.29, 1.82) is 0 Å². The second-order valence-electron chi connectivity index (χ2n) is 6.67. The predicted molar refractivity (Wildman–Crippen MR) is 99.3 cm³/mol. The minimum absolute atomic E-state index is 0.726. The average molecular weight is 335 g/mol. The molecule has 1 saturated heterocycles. The standard InChI is InChI=1S/C18H33N5O/c1-19-18(22(3)15-17-6-5-9-21(17)2)20-14-16-7-10-23(11-8-16)12-13-24-4/h5-6,9,16H,7-8,10-15H2,1-4H3,(H,19,20). The van der Waals surface area contributed by atoms with Crippen LogP contribution in [0.25, 0.3) is 0 Å². The Hall–Kier alpha value is -1.53. The van der Waals surface area contributed by atoms with Crippen LogP contribution >= 0.6 is 0 Å². The molecule has 0 amide bonds. The Kier molecular flexibility index (Phi) is 7.59. The van der Waals surface area contributed by atoms with E-state index in [9.17, 15) is 0 Å². The van der Waals surface area contributed by atoms with Gasteiger partial charge in [0.15, 0.2) is 5.96 Å². The van der Waals surface area contributed by atoms with Crippen LogP contribution in [0, 0.1) is 5.92 Å². The summed E-state index contributed by atoms with van der Waals surface area (Å²) in [6.07, 6.45) is 4.57. The van der Waals surface area contributed by atoms with Crippen LogP contribution < -0.4 is 5.32 Å². The number of aryl methyl sites for hydroxylation is 1. The molecule has 1 fully saturated rings. The Morgan fingerprint density at radius 3 is 2.75 bits per heavy atom. The number of rotatable bonds is 7. The third-order valence-corrected chi connectivity index (χ3v) is 4.89. The summed E-state index contributed by atoms with van der Waals surface area (Å²) in [5, 5.41) is 3.55. The number of piperidine rings is 1. The third-order valence-electron chi connectivity index (χ3n) is 4.89. The topological polar surface area (TPSA) is 45.0 Å². The fraction of sp³-hybridized carbons (Fsp3) is 0.722. The molecule has 1 aromatic heterocycles. The molecule has 1 aliphatic rings. The molecular weight excluding hydrogens is 302 g/mol. The zero-order chi connectivity index (χ0) is 17.4. The third kappa shape index (κ3) is 5.53. The van der Waals surface area contributed by atoms with Crippen LogP contribution in [0.3, 0.4) is 0 Å². The van der Waals surface area contributed by atoms with Gasteiger partial charge in [0.2, 0.25) is 0 Å². The van der Waals surface area contributed by atoms with Crippen LogP contribution in [0.2, 0.25) is 0 Å². The number of likely N-dealkylation sites (tertiary alicyclic amines) is 1. The van der Waals surface area contributed by atoms with E-state index in [0.29, 0.717) is 0 Å². The van der Waals surface area contributed by atoms with E-state index in [1.165, 1.54) is 31.6 Å². The van der Waals surface area contributed by atoms with Crippen molar-refractivity contribution in [2.45, 2.75) is 19.4 Å². The van der Waals surface area contributed by atoms with Crippen LogP contribution in [0.15, 0.2) is 23.3 Å². The molecule has 0 atom stereocenters. The minimum Gasteiger partial charge on any atom is -0.383 e. The molecule has 1 N–H and O–H groups in total. The van der Waals surface area contributed by atoms with Crippen LogP contribution in [0.5, 0.6) is 0 Å². The van der Waals surface area contributed by atoms with Gasteiger partial charge in [0.25, 0.3) is 0 Å². The van der Waals surface area contributed by atoms with Crippen molar-refractivity contribution >= 4 is 5.96 Å². The van der Waals surface area contributed by atoms with Gasteiger partial charge in [-0.25, -0.2) is 0 Å². The summed E-state index contributed by atoms with van der Waals surface area (Å²) in [7, 11) is 7.80. The Balaban J connectivity index is 1.73. The Labute approximate surface area is 146 Å². The molecule has 2 heterocycles. The SMILES string of the molecule is CN=C(NCC1CCN(CCOC)CC1)N(C)Cc1cccn1C. The number of methoxy groups -OCH3 is 1. The lowest BCUT2D eigenvalue weighted by Gasteiger charge is -2.32. The fourth-order valence-electron chi connectivity index (χ4n) is 3.23. The molecule has 2 rings (SSSR count). The molecule has 136 valence electrons. The summed E-state index contributed by atoms with van der Waals surface area (Å²) in [4.78, 5) is 9.11. The van der Waals surface area contributed by atoms with Crippen molar-refractivity contribution in [3.8, 4) is 0 Å². The van der Waals surface area contributed by atoms with Gasteiger partial charge in [-0.2, -0.15) is 0 Å². The highest BCUT2D eigenvalue weighted by atomic mass is 16.5. The lowest BCUT2D eigenvalue weighted by Crippen LogP contribution is -2.43. The molecule has 0 bridgehead atoms. The molecule has 1 aliphatic heterocycles. The maximum atomic E-state index is 5.17. The van der Waals surface area contributed by atoms with Crippen molar-refractivity contribution in [3.63, 3.8) is 0 Å². The van der Waals surface area contributed by atoms with Crippen molar-refractivity contribution in [1.82, 2.24) is 19.7 Å². The maximum Gasteiger partial charge on any atom is 0.193 e. The van der Waals surface area contributed by atoms with Gasteiger partial charge < -0.3 is 24.4 Å². The van der Waals surface area contributed by atoms with E-state index >= 15 is 0 Å². The first-order chi connectivity index (χ1) is 11.6. The van der Waals surface area contributed by atoms with Gasteiger partial charge in [-0.15, -0.1) is 0 Å². The van der Waals surface area contributed by atoms with Crippen LogP contribution in [0.1, 0.15) is 18.5 Å². The van der Waals surface area contributed by atoms with Crippen LogP contribution in [-0.4, -0.2) is 74.3 Å². The van der Waals surface area contributed by atoms with E-state index < -0.39 is 0 Å². The van der Waals surface area contributed by atoms with Gasteiger partial charge in [-0.3, -0.25) is 4.99 Å². The van der Waals surface area contributed by atoms with E-state index in [2.05, 4.69) is 57.1 Å². The smallest absolute Gasteiger partial charge is 0.193 e. The van der Waals surface area contributed by atoms with Gasteiger partial charge in [0.05, 0.1) is 13.2 Å². The molecule has 0 radical (unpaired) electrons. The van der Waals surface area contributed by atoms with Gasteiger partial charge >= 0.3 is 0 Å². The lowest BCUT2D eigenvalue weighted by molar-refractivity contribution is 0.120. The highest BCUT2D eigenvalue weighted by Crippen LogP contribution is 2.16. The lowest BCUT2D eigenvalue weighted by atomic mass is 9.97. The quantitative estimate of drug-likeness (QED) is 0.604. The Morgan fingerprint density at radius 1 is 1.42 bits per heavy atom. The molecule has 24 heavy (non-hydrogen) atoms. The highest BCUT2D eigenvalue weighted by Gasteiger charge is 2.19. The first-order valence-electron chi connectivity index (χ1n) is 8.87. The number of ether oxygens (including phenoxy) is 1. The molecule has 1 aromatic rings. The largest absolute Gasteiger partial charge is 0.383 e. The van der Waals surface area contributed by atoms with Crippen molar-refractivity contribution in [3.05, 3.63) is 24.0 Å². The van der Waals surface area contributed by atoms with Gasteiger partial charge in [0.1, 0.15) is 0 Å². The van der Waals surface area contributed by atoms with E-state index in [-0.39, 0.29) is 0 Å². The van der Waals surface area contributed by atoms with Crippen molar-refractivity contribution in [2.24, 2.45) is 18.0 Å². The minimum atomic E-state index is 0.726. The Morgan fingerprint density at radius 2 is 2.17 bits per heavy atom. The molecule has 0 aliphatic carbocycles. The first kappa shape index (κ1) is 18.8. The molecule has 0 unspecified atom stereocenters. The van der Waals surface area contributed by atoms with Gasteiger partial charge in [-0.1, -0.05) is 0 Å². The first-order valence-corrected chi connectivity index (χ1v) is 8.87. The second-order valence-corrected chi connectivity index (χ2v) is 6.67. The molecule has 6 nitrogen and oxygen atoms in total. The van der Waals surface area contributed by atoms with E-state index in [1.54, 1.807) is 7.11 Å². The number of hydrogen-bond acceptors (Lipinski definition) is 3. The number of guanidine groups is 1. The monoisotopic (exact) mass is 335 g/mol. The van der Waals surface area contributed by atoms with Crippen LogP contribution in [0.4, 0.5) is 0 Å². The summed E-state index contributed by atoms with van der Waals surface area (Å²) in [5.41, 5.74) is 1.28. The molecule has 0 spiro atoms. The van der Waals surface area contributed by atoms with Crippen LogP contribution in [-0.2, 0) is 18.3 Å². The summed E-state index contributed by atoms with van der Waals surface area (Å²) in [5.74, 6) is 1.70. The maximum absolute atomic E-state index is 5.17. The fourth-order valence-corrected chi connectivity index (χ4v) is 3.23. The molecule has 0 saturated carbocycles.